The Balaban J connectivity index is 2.26. The molecule has 0 aromatic rings. The van der Waals surface area contributed by atoms with E-state index in [1.807, 2.05) is 11.8 Å². The summed E-state index contributed by atoms with van der Waals surface area (Å²) in [6, 6.07) is 0. The molecule has 0 radical (unpaired) electrons. The molecule has 0 unspecified atom stereocenters. The van der Waals surface area contributed by atoms with Gasteiger partial charge in [-0.15, -0.1) is 11.6 Å². The first kappa shape index (κ1) is 12.8. The highest BCUT2D eigenvalue weighted by Crippen LogP contribution is 2.18. The van der Waals surface area contributed by atoms with Gasteiger partial charge in [-0.3, -0.25) is 4.79 Å². The summed E-state index contributed by atoms with van der Waals surface area (Å²) in [5.74, 6) is 0.672. The maximum absolute atomic E-state index is 11.6. The lowest BCUT2D eigenvalue weighted by Crippen LogP contribution is -2.42. The number of carbonyl (C=O) groups is 1. The van der Waals surface area contributed by atoms with Crippen molar-refractivity contribution < 1.29 is 9.53 Å². The molecule has 0 bridgehead atoms. The predicted molar refractivity (Wildman–Crippen MR) is 61.1 cm³/mol. The molecule has 0 spiro atoms. The molecule has 0 aromatic heterocycles. The monoisotopic (exact) mass is 233 g/mol. The minimum absolute atomic E-state index is 0.0616. The molecule has 1 amide bonds. The van der Waals surface area contributed by atoms with E-state index < -0.39 is 5.38 Å². The van der Waals surface area contributed by atoms with E-state index in [0.29, 0.717) is 5.92 Å². The lowest BCUT2D eigenvalue weighted by atomic mass is 9.97. The molecule has 88 valence electrons. The van der Waals surface area contributed by atoms with Crippen molar-refractivity contribution in [2.45, 2.75) is 32.1 Å². The smallest absolute Gasteiger partial charge is 0.240 e. The molecule has 0 N–H and O–H groups in total. The number of piperidine rings is 1. The minimum atomic E-state index is -0.395. The van der Waals surface area contributed by atoms with Gasteiger partial charge in [-0.2, -0.15) is 0 Å². The third-order valence-corrected chi connectivity index (χ3v) is 3.01. The topological polar surface area (TPSA) is 29.5 Å². The zero-order valence-electron chi connectivity index (χ0n) is 9.54. The fourth-order valence-electron chi connectivity index (χ4n) is 1.86. The fraction of sp³-hybridized carbons (Fsp3) is 0.909. The van der Waals surface area contributed by atoms with Crippen LogP contribution in [0.2, 0.25) is 0 Å². The quantitative estimate of drug-likeness (QED) is 0.694. The number of carbonyl (C=O) groups excluding carboxylic acids is 1. The van der Waals surface area contributed by atoms with Crippen LogP contribution in [0, 0.1) is 5.92 Å². The molecule has 1 aliphatic heterocycles. The first-order valence-electron chi connectivity index (χ1n) is 5.65. The molecule has 1 fully saturated rings. The van der Waals surface area contributed by atoms with E-state index in [1.54, 1.807) is 6.92 Å². The average molecular weight is 234 g/mol. The minimum Gasteiger partial charge on any atom is -0.381 e. The largest absolute Gasteiger partial charge is 0.381 e. The number of likely N-dealkylation sites (tertiary alicyclic amines) is 1. The fourth-order valence-corrected chi connectivity index (χ4v) is 1.99. The number of nitrogens with zero attached hydrogens (tertiary/aromatic N) is 1. The Hall–Kier alpha value is -0.280. The SMILES string of the molecule is CCOCC1CCN(C(=O)[C@@H](C)Cl)CC1. The van der Waals surface area contributed by atoms with Gasteiger partial charge in [0.1, 0.15) is 5.38 Å². The van der Waals surface area contributed by atoms with Crippen LogP contribution in [0.25, 0.3) is 0 Å². The molecule has 0 aliphatic carbocycles. The standard InChI is InChI=1S/C11H20ClNO2/c1-3-15-8-10-4-6-13(7-5-10)11(14)9(2)12/h9-10H,3-8H2,1-2H3/t9-/m1/s1. The van der Waals surface area contributed by atoms with Crippen molar-refractivity contribution in [1.82, 2.24) is 4.90 Å². The van der Waals surface area contributed by atoms with Gasteiger partial charge in [0, 0.05) is 26.3 Å². The molecule has 0 aromatic carbocycles. The molecule has 0 saturated carbocycles. The Morgan fingerprint density at radius 3 is 2.60 bits per heavy atom. The number of amides is 1. The second-order valence-electron chi connectivity index (χ2n) is 4.04. The molecular formula is C11H20ClNO2. The Morgan fingerprint density at radius 1 is 1.53 bits per heavy atom. The van der Waals surface area contributed by atoms with Crippen molar-refractivity contribution in [3.8, 4) is 0 Å². The second-order valence-corrected chi connectivity index (χ2v) is 4.70. The lowest BCUT2D eigenvalue weighted by molar-refractivity contribution is -0.132. The molecule has 1 atom stereocenters. The van der Waals surface area contributed by atoms with Gasteiger partial charge < -0.3 is 9.64 Å². The summed E-state index contributed by atoms with van der Waals surface area (Å²) in [5.41, 5.74) is 0. The zero-order valence-corrected chi connectivity index (χ0v) is 10.3. The maximum Gasteiger partial charge on any atom is 0.240 e. The highest BCUT2D eigenvalue weighted by atomic mass is 35.5. The van der Waals surface area contributed by atoms with Crippen molar-refractivity contribution in [3.63, 3.8) is 0 Å². The summed E-state index contributed by atoms with van der Waals surface area (Å²) < 4.78 is 5.39. The summed E-state index contributed by atoms with van der Waals surface area (Å²) in [5, 5.41) is -0.395. The second kappa shape index (κ2) is 6.33. The van der Waals surface area contributed by atoms with Crippen LogP contribution in [0.3, 0.4) is 0 Å². The van der Waals surface area contributed by atoms with Crippen LogP contribution in [-0.4, -0.2) is 42.5 Å². The molecule has 1 aliphatic rings. The lowest BCUT2D eigenvalue weighted by Gasteiger charge is -2.32. The number of rotatable bonds is 4. The van der Waals surface area contributed by atoms with Gasteiger partial charge in [0.25, 0.3) is 0 Å². The Labute approximate surface area is 96.7 Å². The number of hydrogen-bond donors (Lipinski definition) is 0. The van der Waals surface area contributed by atoms with E-state index in [1.165, 1.54) is 0 Å². The van der Waals surface area contributed by atoms with E-state index in [4.69, 9.17) is 16.3 Å². The van der Waals surface area contributed by atoms with E-state index in [-0.39, 0.29) is 5.91 Å². The third-order valence-electron chi connectivity index (χ3n) is 2.82. The van der Waals surface area contributed by atoms with Crippen molar-refractivity contribution in [3.05, 3.63) is 0 Å². The maximum atomic E-state index is 11.6. The van der Waals surface area contributed by atoms with Crippen molar-refractivity contribution in [2.75, 3.05) is 26.3 Å². The van der Waals surface area contributed by atoms with Crippen LogP contribution < -0.4 is 0 Å². The first-order valence-corrected chi connectivity index (χ1v) is 6.09. The molecular weight excluding hydrogens is 214 g/mol. The van der Waals surface area contributed by atoms with Crippen molar-refractivity contribution in [2.24, 2.45) is 5.92 Å². The van der Waals surface area contributed by atoms with Crippen LogP contribution >= 0.6 is 11.6 Å². The van der Waals surface area contributed by atoms with Crippen LogP contribution in [0.4, 0.5) is 0 Å². The predicted octanol–water partition coefficient (Wildman–Crippen LogP) is 1.89. The summed E-state index contributed by atoms with van der Waals surface area (Å²) in [4.78, 5) is 13.4. The number of halogens is 1. The third kappa shape index (κ3) is 3.99. The highest BCUT2D eigenvalue weighted by molar-refractivity contribution is 6.30. The molecule has 3 nitrogen and oxygen atoms in total. The normalized spacial score (nSPS) is 20.3. The van der Waals surface area contributed by atoms with Crippen LogP contribution in [-0.2, 0) is 9.53 Å². The van der Waals surface area contributed by atoms with Gasteiger partial charge >= 0.3 is 0 Å². The number of hydrogen-bond acceptors (Lipinski definition) is 2. The van der Waals surface area contributed by atoms with Crippen LogP contribution in [0.1, 0.15) is 26.7 Å². The van der Waals surface area contributed by atoms with Gasteiger partial charge in [0.2, 0.25) is 5.91 Å². The van der Waals surface area contributed by atoms with Gasteiger partial charge in [0.15, 0.2) is 0 Å². The highest BCUT2D eigenvalue weighted by Gasteiger charge is 2.24. The van der Waals surface area contributed by atoms with E-state index in [9.17, 15) is 4.79 Å². The Morgan fingerprint density at radius 2 is 2.13 bits per heavy atom. The Kier molecular flexibility index (Phi) is 5.40. The molecule has 1 saturated heterocycles. The van der Waals surface area contributed by atoms with E-state index in [0.717, 1.165) is 39.1 Å². The summed E-state index contributed by atoms with van der Waals surface area (Å²) in [7, 11) is 0. The first-order chi connectivity index (χ1) is 7.15. The van der Waals surface area contributed by atoms with Gasteiger partial charge in [-0.05, 0) is 32.6 Å². The van der Waals surface area contributed by atoms with Crippen LogP contribution in [0.15, 0.2) is 0 Å². The van der Waals surface area contributed by atoms with Gasteiger partial charge in [-0.1, -0.05) is 0 Å². The molecule has 1 heterocycles. The number of ether oxygens (including phenoxy) is 1. The zero-order chi connectivity index (χ0) is 11.3. The van der Waals surface area contributed by atoms with E-state index in [2.05, 4.69) is 0 Å². The summed E-state index contributed by atoms with van der Waals surface area (Å²) in [6.07, 6.45) is 2.07. The van der Waals surface area contributed by atoms with Gasteiger partial charge in [0.05, 0.1) is 0 Å². The van der Waals surface area contributed by atoms with Crippen molar-refractivity contribution >= 4 is 17.5 Å². The number of alkyl halides is 1. The van der Waals surface area contributed by atoms with Crippen molar-refractivity contribution in [1.29, 1.82) is 0 Å². The summed E-state index contributed by atoms with van der Waals surface area (Å²) >= 11 is 5.77. The van der Waals surface area contributed by atoms with Crippen LogP contribution in [0.5, 0.6) is 0 Å². The average Bonchev–Trinajstić information content (AvgIpc) is 2.26. The molecule has 1 rings (SSSR count). The Bertz CT molecular complexity index is 201. The molecule has 4 heteroatoms. The van der Waals surface area contributed by atoms with E-state index >= 15 is 0 Å². The summed E-state index contributed by atoms with van der Waals surface area (Å²) in [6.45, 7) is 7.00. The molecule has 15 heavy (non-hydrogen) atoms. The van der Waals surface area contributed by atoms with Gasteiger partial charge in [-0.25, -0.2) is 0 Å².